The van der Waals surface area contributed by atoms with E-state index < -0.39 is 5.97 Å². The first-order valence-corrected chi connectivity index (χ1v) is 5.98. The topological polar surface area (TPSA) is 40.5 Å². The smallest absolute Gasteiger partial charge is 0.304 e. The summed E-state index contributed by atoms with van der Waals surface area (Å²) in [4.78, 5) is 12.6. The maximum atomic E-state index is 10.4. The van der Waals surface area contributed by atoms with Gasteiger partial charge in [-0.1, -0.05) is 19.8 Å². The minimum atomic E-state index is -0.695. The van der Waals surface area contributed by atoms with Crippen molar-refractivity contribution in [1.29, 1.82) is 0 Å². The van der Waals surface area contributed by atoms with Crippen molar-refractivity contribution in [1.82, 2.24) is 4.90 Å². The predicted octanol–water partition coefficient (Wildman–Crippen LogP) is 2.22. The Labute approximate surface area is 92.5 Å². The highest BCUT2D eigenvalue weighted by molar-refractivity contribution is 5.66. The number of hydrogen-bond donors (Lipinski definition) is 1. The van der Waals surface area contributed by atoms with Gasteiger partial charge in [-0.3, -0.25) is 4.79 Å². The molecule has 0 aromatic heterocycles. The van der Waals surface area contributed by atoms with E-state index in [1.54, 1.807) is 0 Å². The van der Waals surface area contributed by atoms with Crippen LogP contribution in [0.3, 0.4) is 0 Å². The molecule has 0 aromatic carbocycles. The Bertz CT molecular complexity index is 198. The highest BCUT2D eigenvalue weighted by Gasteiger charge is 2.19. The molecule has 3 heteroatoms. The molecule has 0 aromatic rings. The van der Waals surface area contributed by atoms with Gasteiger partial charge < -0.3 is 10.0 Å². The molecule has 1 aliphatic carbocycles. The average molecular weight is 213 g/mol. The zero-order valence-corrected chi connectivity index (χ0v) is 9.91. The zero-order valence-electron chi connectivity index (χ0n) is 9.91. The van der Waals surface area contributed by atoms with Crippen LogP contribution in [0.2, 0.25) is 0 Å². The molecule has 0 radical (unpaired) electrons. The van der Waals surface area contributed by atoms with Gasteiger partial charge in [-0.2, -0.15) is 0 Å². The largest absolute Gasteiger partial charge is 0.481 e. The van der Waals surface area contributed by atoms with Gasteiger partial charge in [0.1, 0.15) is 0 Å². The summed E-state index contributed by atoms with van der Waals surface area (Å²) in [6.07, 6.45) is 5.59. The van der Waals surface area contributed by atoms with E-state index in [9.17, 15) is 4.79 Å². The van der Waals surface area contributed by atoms with E-state index >= 15 is 0 Å². The predicted molar refractivity (Wildman–Crippen MR) is 60.9 cm³/mol. The number of aliphatic carboxylic acids is 1. The number of hydrogen-bond acceptors (Lipinski definition) is 2. The fraction of sp³-hybridized carbons (Fsp3) is 0.917. The summed E-state index contributed by atoms with van der Waals surface area (Å²) in [5.41, 5.74) is 0. The molecule has 0 unspecified atom stereocenters. The molecule has 1 N–H and O–H groups in total. The fourth-order valence-corrected chi connectivity index (χ4v) is 2.33. The van der Waals surface area contributed by atoms with E-state index in [1.807, 2.05) is 7.05 Å². The lowest BCUT2D eigenvalue weighted by molar-refractivity contribution is -0.137. The lowest BCUT2D eigenvalue weighted by Crippen LogP contribution is -2.29. The van der Waals surface area contributed by atoms with Crippen LogP contribution in [0.4, 0.5) is 0 Å². The number of rotatable bonds is 5. The first-order chi connectivity index (χ1) is 7.08. The summed E-state index contributed by atoms with van der Waals surface area (Å²) in [6, 6.07) is 0. The molecule has 0 bridgehead atoms. The van der Waals surface area contributed by atoms with Gasteiger partial charge in [-0.15, -0.1) is 0 Å². The van der Waals surface area contributed by atoms with Gasteiger partial charge in [-0.05, 0) is 31.7 Å². The van der Waals surface area contributed by atoms with E-state index in [0.717, 1.165) is 18.4 Å². The van der Waals surface area contributed by atoms with Crippen LogP contribution in [0.5, 0.6) is 0 Å². The number of carboxylic acids is 1. The van der Waals surface area contributed by atoms with Crippen molar-refractivity contribution in [2.45, 2.75) is 39.0 Å². The van der Waals surface area contributed by atoms with Crippen LogP contribution in [0.15, 0.2) is 0 Å². The molecule has 1 saturated carbocycles. The van der Waals surface area contributed by atoms with Crippen molar-refractivity contribution >= 4 is 5.97 Å². The minimum absolute atomic E-state index is 0.264. The Balaban J connectivity index is 2.14. The molecule has 88 valence electrons. The molecule has 15 heavy (non-hydrogen) atoms. The van der Waals surface area contributed by atoms with Crippen LogP contribution < -0.4 is 0 Å². The molecule has 1 aliphatic rings. The molecule has 0 spiro atoms. The van der Waals surface area contributed by atoms with Crippen molar-refractivity contribution < 1.29 is 9.90 Å². The van der Waals surface area contributed by atoms with Crippen molar-refractivity contribution in [3.8, 4) is 0 Å². The maximum Gasteiger partial charge on any atom is 0.304 e. The summed E-state index contributed by atoms with van der Waals surface area (Å²) < 4.78 is 0. The molecule has 3 nitrogen and oxygen atoms in total. The lowest BCUT2D eigenvalue weighted by atomic mass is 9.83. The van der Waals surface area contributed by atoms with Crippen molar-refractivity contribution in [2.75, 3.05) is 20.1 Å². The third-order valence-electron chi connectivity index (χ3n) is 3.41. The SMILES string of the molecule is CC1CCC(CN(C)CCC(=O)O)CC1. The molecule has 0 saturated heterocycles. The van der Waals surface area contributed by atoms with Gasteiger partial charge in [0.05, 0.1) is 6.42 Å². The van der Waals surface area contributed by atoms with Gasteiger partial charge in [0.25, 0.3) is 0 Å². The normalized spacial score (nSPS) is 26.9. The van der Waals surface area contributed by atoms with E-state index in [0.29, 0.717) is 6.54 Å². The van der Waals surface area contributed by atoms with Crippen molar-refractivity contribution in [2.24, 2.45) is 11.8 Å². The fourth-order valence-electron chi connectivity index (χ4n) is 2.33. The molecule has 0 atom stereocenters. The second kappa shape index (κ2) is 6.11. The second-order valence-electron chi connectivity index (χ2n) is 5.03. The molecule has 0 aliphatic heterocycles. The summed E-state index contributed by atoms with van der Waals surface area (Å²) in [5.74, 6) is 0.990. The maximum absolute atomic E-state index is 10.4. The highest BCUT2D eigenvalue weighted by atomic mass is 16.4. The third kappa shape index (κ3) is 5.17. The number of nitrogens with zero attached hydrogens (tertiary/aromatic N) is 1. The Morgan fingerprint density at radius 1 is 1.33 bits per heavy atom. The summed E-state index contributed by atoms with van der Waals surface area (Å²) >= 11 is 0. The average Bonchev–Trinajstić information content (AvgIpc) is 2.19. The lowest BCUT2D eigenvalue weighted by Gasteiger charge is -2.29. The van der Waals surface area contributed by atoms with Crippen LogP contribution in [-0.2, 0) is 4.79 Å². The van der Waals surface area contributed by atoms with Gasteiger partial charge in [0.15, 0.2) is 0 Å². The van der Waals surface area contributed by atoms with E-state index in [4.69, 9.17) is 5.11 Å². The Morgan fingerprint density at radius 2 is 1.93 bits per heavy atom. The van der Waals surface area contributed by atoms with Gasteiger partial charge in [0.2, 0.25) is 0 Å². The Kier molecular flexibility index (Phi) is 5.09. The molecule has 0 heterocycles. The number of carboxylic acid groups (broad SMARTS) is 1. The van der Waals surface area contributed by atoms with Crippen LogP contribution in [0, 0.1) is 11.8 Å². The molecule has 1 rings (SSSR count). The van der Waals surface area contributed by atoms with Gasteiger partial charge >= 0.3 is 5.97 Å². The summed E-state index contributed by atoms with van der Waals surface area (Å²) in [6.45, 7) is 4.08. The summed E-state index contributed by atoms with van der Waals surface area (Å²) in [7, 11) is 2.03. The first-order valence-electron chi connectivity index (χ1n) is 5.98. The van der Waals surface area contributed by atoms with Crippen LogP contribution in [0.1, 0.15) is 39.0 Å². The van der Waals surface area contributed by atoms with Crippen LogP contribution in [-0.4, -0.2) is 36.1 Å². The molecule has 1 fully saturated rings. The van der Waals surface area contributed by atoms with Gasteiger partial charge in [-0.25, -0.2) is 0 Å². The Hall–Kier alpha value is -0.570. The van der Waals surface area contributed by atoms with E-state index in [1.165, 1.54) is 25.7 Å². The molecular weight excluding hydrogens is 190 g/mol. The van der Waals surface area contributed by atoms with Crippen molar-refractivity contribution in [3.63, 3.8) is 0 Å². The zero-order chi connectivity index (χ0) is 11.3. The van der Waals surface area contributed by atoms with Crippen LogP contribution in [0.25, 0.3) is 0 Å². The molecular formula is C12H23NO2. The first kappa shape index (κ1) is 12.5. The number of carbonyl (C=O) groups is 1. The van der Waals surface area contributed by atoms with Crippen LogP contribution >= 0.6 is 0 Å². The minimum Gasteiger partial charge on any atom is -0.481 e. The quantitative estimate of drug-likeness (QED) is 0.761. The van der Waals surface area contributed by atoms with E-state index in [-0.39, 0.29) is 6.42 Å². The highest BCUT2D eigenvalue weighted by Crippen LogP contribution is 2.28. The monoisotopic (exact) mass is 213 g/mol. The van der Waals surface area contributed by atoms with Gasteiger partial charge in [0, 0.05) is 13.1 Å². The van der Waals surface area contributed by atoms with E-state index in [2.05, 4.69) is 11.8 Å². The molecule has 0 amide bonds. The second-order valence-corrected chi connectivity index (χ2v) is 5.03. The summed E-state index contributed by atoms with van der Waals surface area (Å²) in [5, 5.41) is 8.58. The Morgan fingerprint density at radius 3 is 2.47 bits per heavy atom. The third-order valence-corrected chi connectivity index (χ3v) is 3.41. The van der Waals surface area contributed by atoms with Crippen molar-refractivity contribution in [3.05, 3.63) is 0 Å². The standard InChI is InChI=1S/C12H23NO2/c1-10-3-5-11(6-4-10)9-13(2)8-7-12(14)15/h10-11H,3-9H2,1-2H3,(H,14,15).